The van der Waals surface area contributed by atoms with Crippen molar-refractivity contribution in [1.29, 1.82) is 0 Å². The summed E-state index contributed by atoms with van der Waals surface area (Å²) in [5.41, 5.74) is 3.13. The van der Waals surface area contributed by atoms with Gasteiger partial charge in [0.25, 0.3) is 0 Å². The summed E-state index contributed by atoms with van der Waals surface area (Å²) in [4.78, 5) is 2.30. The average molecular weight is 410 g/mol. The van der Waals surface area contributed by atoms with Gasteiger partial charge in [-0.3, -0.25) is 4.72 Å². The maximum atomic E-state index is 12.4. The Kier molecular flexibility index (Phi) is 5.62. The smallest absolute Gasteiger partial charge is 0.236 e. The van der Waals surface area contributed by atoms with Crippen LogP contribution in [-0.4, -0.2) is 31.7 Å². The highest BCUT2D eigenvalue weighted by Gasteiger charge is 2.14. The molecule has 1 aliphatic heterocycles. The molecular weight excluding hydrogens is 386 g/mol. The molecule has 7 nitrogen and oxygen atoms in total. The highest BCUT2D eigenvalue weighted by atomic mass is 32.2. The van der Waals surface area contributed by atoms with E-state index in [1.165, 1.54) is 12.8 Å². The van der Waals surface area contributed by atoms with Crippen LogP contribution in [0.5, 0.6) is 0 Å². The molecule has 4 rings (SSSR count). The summed E-state index contributed by atoms with van der Waals surface area (Å²) in [5.74, 6) is 0.596. The largest absolute Gasteiger partial charge is 0.370 e. The molecule has 0 radical (unpaired) electrons. The quantitative estimate of drug-likeness (QED) is 0.618. The van der Waals surface area contributed by atoms with E-state index in [0.29, 0.717) is 11.5 Å². The lowest BCUT2D eigenvalue weighted by molar-refractivity contribution is 0.600. The van der Waals surface area contributed by atoms with E-state index in [-0.39, 0.29) is 5.75 Å². The predicted molar refractivity (Wildman–Crippen MR) is 116 cm³/mol. The minimum atomic E-state index is -3.47. The first-order valence-corrected chi connectivity index (χ1v) is 11.2. The van der Waals surface area contributed by atoms with E-state index in [4.69, 9.17) is 0 Å². The van der Waals surface area contributed by atoms with Crippen molar-refractivity contribution in [2.24, 2.45) is 0 Å². The summed E-state index contributed by atoms with van der Waals surface area (Å²) < 4.78 is 27.3. The van der Waals surface area contributed by atoms with Gasteiger partial charge >= 0.3 is 0 Å². The molecule has 1 saturated heterocycles. The maximum Gasteiger partial charge on any atom is 0.236 e. The number of aromatic nitrogens is 2. The Morgan fingerprint density at radius 3 is 2.34 bits per heavy atom. The zero-order valence-corrected chi connectivity index (χ0v) is 16.8. The van der Waals surface area contributed by atoms with Gasteiger partial charge in [0.05, 0.1) is 17.6 Å². The van der Waals surface area contributed by atoms with Crippen molar-refractivity contribution in [2.45, 2.75) is 18.6 Å². The fraction of sp³-hybridized carbons (Fsp3) is 0.238. The Bertz CT molecular complexity index is 1050. The van der Waals surface area contributed by atoms with Crippen LogP contribution in [0.4, 0.5) is 22.9 Å². The molecule has 2 heterocycles. The van der Waals surface area contributed by atoms with Crippen molar-refractivity contribution >= 4 is 32.9 Å². The number of benzene rings is 2. The molecule has 0 unspecified atom stereocenters. The van der Waals surface area contributed by atoms with E-state index in [1.807, 2.05) is 36.4 Å². The number of hydrogen-bond acceptors (Lipinski definition) is 6. The normalized spacial score (nSPS) is 14.0. The SMILES string of the molecule is O=S(=O)(Cc1ccccc1)Nc1ccc(Nc2cc(N3CCCC3)cnn2)cc1. The van der Waals surface area contributed by atoms with Gasteiger partial charge in [-0.15, -0.1) is 5.10 Å². The fourth-order valence-electron chi connectivity index (χ4n) is 3.34. The molecule has 0 spiro atoms. The summed E-state index contributed by atoms with van der Waals surface area (Å²) in [5, 5.41) is 11.4. The monoisotopic (exact) mass is 409 g/mol. The van der Waals surface area contributed by atoms with E-state index in [1.54, 1.807) is 30.5 Å². The van der Waals surface area contributed by atoms with Crippen LogP contribution in [0.1, 0.15) is 18.4 Å². The van der Waals surface area contributed by atoms with Crippen molar-refractivity contribution in [3.63, 3.8) is 0 Å². The van der Waals surface area contributed by atoms with E-state index in [9.17, 15) is 8.42 Å². The van der Waals surface area contributed by atoms with Gasteiger partial charge in [-0.05, 0) is 42.7 Å². The number of rotatable bonds is 7. The molecule has 2 N–H and O–H groups in total. The summed E-state index contributed by atoms with van der Waals surface area (Å²) >= 11 is 0. The topological polar surface area (TPSA) is 87.2 Å². The molecule has 0 amide bonds. The van der Waals surface area contributed by atoms with Gasteiger partial charge in [0.1, 0.15) is 0 Å². The van der Waals surface area contributed by atoms with Gasteiger partial charge in [0, 0.05) is 30.5 Å². The van der Waals surface area contributed by atoms with Gasteiger partial charge < -0.3 is 10.2 Å². The Labute approximate surface area is 170 Å². The Morgan fingerprint density at radius 1 is 0.931 bits per heavy atom. The molecule has 0 bridgehead atoms. The molecule has 3 aromatic rings. The lowest BCUT2D eigenvalue weighted by Crippen LogP contribution is -2.18. The van der Waals surface area contributed by atoms with E-state index in [2.05, 4.69) is 25.1 Å². The first-order valence-electron chi connectivity index (χ1n) is 9.57. The third-order valence-electron chi connectivity index (χ3n) is 4.74. The van der Waals surface area contributed by atoms with E-state index >= 15 is 0 Å². The average Bonchev–Trinajstić information content (AvgIpc) is 3.25. The lowest BCUT2D eigenvalue weighted by atomic mass is 10.2. The van der Waals surface area contributed by atoms with Gasteiger partial charge in [0.2, 0.25) is 10.0 Å². The molecule has 0 atom stereocenters. The van der Waals surface area contributed by atoms with Crippen LogP contribution in [-0.2, 0) is 15.8 Å². The third kappa shape index (κ3) is 5.23. The van der Waals surface area contributed by atoms with Crippen LogP contribution in [0, 0.1) is 0 Å². The van der Waals surface area contributed by atoms with Crippen molar-refractivity contribution in [3.05, 3.63) is 72.4 Å². The maximum absolute atomic E-state index is 12.4. The molecule has 1 fully saturated rings. The molecule has 2 aromatic carbocycles. The lowest BCUT2D eigenvalue weighted by Gasteiger charge is -2.17. The predicted octanol–water partition coefficient (Wildman–Crippen LogP) is 3.76. The van der Waals surface area contributed by atoms with Crippen molar-refractivity contribution in [1.82, 2.24) is 10.2 Å². The fourth-order valence-corrected chi connectivity index (χ4v) is 4.54. The highest BCUT2D eigenvalue weighted by molar-refractivity contribution is 7.91. The minimum absolute atomic E-state index is 0.0628. The molecule has 29 heavy (non-hydrogen) atoms. The van der Waals surface area contributed by atoms with E-state index < -0.39 is 10.0 Å². The second-order valence-electron chi connectivity index (χ2n) is 7.04. The summed E-state index contributed by atoms with van der Waals surface area (Å²) in [7, 11) is -3.47. The van der Waals surface area contributed by atoms with Crippen molar-refractivity contribution in [3.8, 4) is 0 Å². The number of nitrogens with zero attached hydrogens (tertiary/aromatic N) is 3. The van der Waals surface area contributed by atoms with Crippen molar-refractivity contribution < 1.29 is 8.42 Å². The zero-order chi connectivity index (χ0) is 20.1. The second-order valence-corrected chi connectivity index (χ2v) is 8.76. The Hall–Kier alpha value is -3.13. The van der Waals surface area contributed by atoms with E-state index in [0.717, 1.165) is 30.0 Å². The number of sulfonamides is 1. The summed E-state index contributed by atoms with van der Waals surface area (Å²) in [6.45, 7) is 2.09. The Balaban J connectivity index is 1.40. The first-order chi connectivity index (χ1) is 14.1. The van der Waals surface area contributed by atoms with Crippen LogP contribution in [0.25, 0.3) is 0 Å². The first kappa shape index (κ1) is 19.2. The van der Waals surface area contributed by atoms with Crippen molar-refractivity contribution in [2.75, 3.05) is 28.0 Å². The van der Waals surface area contributed by atoms with Crippen LogP contribution >= 0.6 is 0 Å². The molecule has 150 valence electrons. The molecule has 0 saturated carbocycles. The second kappa shape index (κ2) is 8.48. The number of anilines is 4. The standard InChI is InChI=1S/C21H23N5O2S/c27-29(28,16-17-6-2-1-3-7-17)25-19-10-8-18(9-11-19)23-21-14-20(15-22-24-21)26-12-4-5-13-26/h1-3,6-11,14-15,25H,4-5,12-13,16H2,(H,23,24). The summed E-state index contributed by atoms with van der Waals surface area (Å²) in [6.07, 6.45) is 4.18. The van der Waals surface area contributed by atoms with Crippen LogP contribution < -0.4 is 14.9 Å². The van der Waals surface area contributed by atoms with Crippen LogP contribution in [0.2, 0.25) is 0 Å². The summed E-state index contributed by atoms with van der Waals surface area (Å²) in [6, 6.07) is 18.2. The molecule has 1 aliphatic rings. The van der Waals surface area contributed by atoms with Gasteiger partial charge in [-0.1, -0.05) is 30.3 Å². The molecule has 0 aliphatic carbocycles. The van der Waals surface area contributed by atoms with Crippen LogP contribution in [0.3, 0.4) is 0 Å². The van der Waals surface area contributed by atoms with Gasteiger partial charge in [0.15, 0.2) is 5.82 Å². The minimum Gasteiger partial charge on any atom is -0.370 e. The molecule has 1 aromatic heterocycles. The third-order valence-corrected chi connectivity index (χ3v) is 6.00. The van der Waals surface area contributed by atoms with Gasteiger partial charge in [-0.25, -0.2) is 8.42 Å². The highest BCUT2D eigenvalue weighted by Crippen LogP contribution is 2.24. The molecule has 8 heteroatoms. The Morgan fingerprint density at radius 2 is 1.62 bits per heavy atom. The number of nitrogens with one attached hydrogen (secondary N) is 2. The zero-order valence-electron chi connectivity index (χ0n) is 16.0. The number of hydrogen-bond donors (Lipinski definition) is 2. The molecular formula is C21H23N5O2S. The van der Waals surface area contributed by atoms with Crippen LogP contribution in [0.15, 0.2) is 66.9 Å². The van der Waals surface area contributed by atoms with Gasteiger partial charge in [-0.2, -0.15) is 5.10 Å².